The standard InChI is InChI=1S/C25H24F3N3O5S/c1-14-9-21(22(35-2)13-19(14)16-10-17(11-16)25(26,27)28)31-20-5-4-18(12-15(20)3-6-24(31)32)37(33,34)30-23-7-8-36-29-23/h3-8,12-14,16-17H,9-11H2,1-2H3,(H,29,30). The van der Waals surface area contributed by atoms with E-state index in [1.54, 1.807) is 6.08 Å². The van der Waals surface area contributed by atoms with E-state index in [1.807, 2.05) is 6.92 Å². The minimum atomic E-state index is -4.19. The SMILES string of the molecule is COC1=C(n2c(=O)ccc3cc(S(=O)(=O)Nc4ccon4)ccc32)CC(C)C(C2CC(C(F)(F)F)C2)=C1. The summed E-state index contributed by atoms with van der Waals surface area (Å²) in [7, 11) is -2.51. The van der Waals surface area contributed by atoms with Crippen molar-refractivity contribution in [3.05, 3.63) is 70.4 Å². The average molecular weight is 536 g/mol. The van der Waals surface area contributed by atoms with Crippen molar-refractivity contribution in [3.8, 4) is 0 Å². The van der Waals surface area contributed by atoms with E-state index in [0.29, 0.717) is 28.8 Å². The summed E-state index contributed by atoms with van der Waals surface area (Å²) in [5, 5.41) is 4.05. The van der Waals surface area contributed by atoms with E-state index in [0.717, 1.165) is 5.57 Å². The number of sulfonamides is 1. The largest absolute Gasteiger partial charge is 0.495 e. The van der Waals surface area contributed by atoms with Crippen molar-refractivity contribution in [2.24, 2.45) is 17.8 Å². The summed E-state index contributed by atoms with van der Waals surface area (Å²) in [6.45, 7) is 1.93. The smallest absolute Gasteiger partial charge is 0.391 e. The minimum Gasteiger partial charge on any atom is -0.495 e. The number of hydrogen-bond donors (Lipinski definition) is 1. The molecule has 1 saturated carbocycles. The Kier molecular flexibility index (Phi) is 6.17. The summed E-state index contributed by atoms with van der Waals surface area (Å²) < 4.78 is 78.7. The third kappa shape index (κ3) is 4.65. The van der Waals surface area contributed by atoms with Gasteiger partial charge in [0.15, 0.2) is 5.82 Å². The summed E-state index contributed by atoms with van der Waals surface area (Å²) >= 11 is 0. The van der Waals surface area contributed by atoms with Gasteiger partial charge in [0, 0.05) is 17.5 Å². The molecular weight excluding hydrogens is 511 g/mol. The number of fused-ring (bicyclic) bond motifs is 1. The third-order valence-corrected chi connectivity index (χ3v) is 8.42. The van der Waals surface area contributed by atoms with Crippen molar-refractivity contribution in [1.29, 1.82) is 0 Å². The van der Waals surface area contributed by atoms with Crippen molar-refractivity contribution >= 4 is 32.4 Å². The van der Waals surface area contributed by atoms with Crippen LogP contribution in [0.5, 0.6) is 0 Å². The summed E-state index contributed by atoms with van der Waals surface area (Å²) in [5.41, 5.74) is 1.60. The number of benzene rings is 1. The second kappa shape index (κ2) is 9.09. The van der Waals surface area contributed by atoms with Crippen LogP contribution in [0.25, 0.3) is 16.6 Å². The number of aromatic nitrogens is 2. The molecule has 2 heterocycles. The molecular formula is C25H24F3N3O5S. The normalized spacial score (nSPS) is 22.5. The van der Waals surface area contributed by atoms with Crippen LogP contribution in [0.15, 0.2) is 74.3 Å². The number of pyridine rings is 1. The molecule has 1 unspecified atom stereocenters. The summed E-state index contributed by atoms with van der Waals surface area (Å²) in [6, 6.07) is 8.61. The fraction of sp³-hybridized carbons (Fsp3) is 0.360. The van der Waals surface area contributed by atoms with Gasteiger partial charge in [-0.15, -0.1) is 0 Å². The number of rotatable bonds is 6. The monoisotopic (exact) mass is 535 g/mol. The Balaban J connectivity index is 1.53. The fourth-order valence-electron chi connectivity index (χ4n) is 5.07. The molecule has 2 aliphatic carbocycles. The van der Waals surface area contributed by atoms with Gasteiger partial charge in [-0.05, 0) is 61.4 Å². The molecule has 3 aromatic rings. The lowest BCUT2D eigenvalue weighted by Crippen LogP contribution is -2.38. The summed E-state index contributed by atoms with van der Waals surface area (Å²) in [4.78, 5) is 13.0. The van der Waals surface area contributed by atoms with E-state index in [-0.39, 0.29) is 41.0 Å². The van der Waals surface area contributed by atoms with Gasteiger partial charge in [0.2, 0.25) is 0 Å². The molecule has 1 fully saturated rings. The van der Waals surface area contributed by atoms with Gasteiger partial charge >= 0.3 is 6.18 Å². The highest BCUT2D eigenvalue weighted by Crippen LogP contribution is 2.51. The lowest BCUT2D eigenvalue weighted by Gasteiger charge is -2.41. The molecule has 5 rings (SSSR count). The highest BCUT2D eigenvalue weighted by atomic mass is 32.2. The van der Waals surface area contributed by atoms with Crippen LogP contribution >= 0.6 is 0 Å². The van der Waals surface area contributed by atoms with Gasteiger partial charge in [-0.1, -0.05) is 17.7 Å². The maximum Gasteiger partial charge on any atom is 0.391 e. The zero-order valence-electron chi connectivity index (χ0n) is 19.9. The Morgan fingerprint density at radius 2 is 1.92 bits per heavy atom. The van der Waals surface area contributed by atoms with Gasteiger partial charge in [-0.3, -0.25) is 14.1 Å². The number of methoxy groups -OCH3 is 1. The van der Waals surface area contributed by atoms with Crippen LogP contribution in [-0.4, -0.2) is 31.4 Å². The molecule has 0 aliphatic heterocycles. The van der Waals surface area contributed by atoms with Crippen molar-refractivity contribution in [2.45, 2.75) is 37.3 Å². The van der Waals surface area contributed by atoms with E-state index in [1.165, 1.54) is 54.3 Å². The predicted octanol–water partition coefficient (Wildman–Crippen LogP) is 5.16. The van der Waals surface area contributed by atoms with E-state index < -0.39 is 22.1 Å². The number of hydrogen-bond acceptors (Lipinski definition) is 6. The Labute approximate surface area is 210 Å². The van der Waals surface area contributed by atoms with Crippen LogP contribution in [0.1, 0.15) is 26.2 Å². The van der Waals surface area contributed by atoms with E-state index >= 15 is 0 Å². The first kappa shape index (κ1) is 25.1. The molecule has 196 valence electrons. The van der Waals surface area contributed by atoms with Crippen LogP contribution in [-0.2, 0) is 14.8 Å². The second-order valence-corrected chi connectivity index (χ2v) is 11.1. The fourth-order valence-corrected chi connectivity index (χ4v) is 6.10. The molecule has 37 heavy (non-hydrogen) atoms. The molecule has 0 bridgehead atoms. The molecule has 8 nitrogen and oxygen atoms in total. The number of nitrogens with zero attached hydrogens (tertiary/aromatic N) is 2. The maximum atomic E-state index is 13.0. The number of anilines is 1. The molecule has 1 aromatic carbocycles. The molecule has 2 aromatic heterocycles. The van der Waals surface area contributed by atoms with Crippen LogP contribution in [0.4, 0.5) is 19.0 Å². The molecule has 0 spiro atoms. The number of ether oxygens (including phenoxy) is 1. The van der Waals surface area contributed by atoms with E-state index in [2.05, 4.69) is 14.4 Å². The molecule has 0 radical (unpaired) electrons. The first-order valence-electron chi connectivity index (χ1n) is 11.6. The summed E-state index contributed by atoms with van der Waals surface area (Å²) in [5.74, 6) is -1.12. The van der Waals surface area contributed by atoms with Gasteiger partial charge in [-0.2, -0.15) is 13.2 Å². The average Bonchev–Trinajstić information content (AvgIpc) is 3.30. The zero-order valence-corrected chi connectivity index (χ0v) is 20.8. The first-order chi connectivity index (χ1) is 17.5. The predicted molar refractivity (Wildman–Crippen MR) is 130 cm³/mol. The van der Waals surface area contributed by atoms with Gasteiger partial charge < -0.3 is 9.26 Å². The van der Waals surface area contributed by atoms with Crippen LogP contribution in [0.2, 0.25) is 0 Å². The van der Waals surface area contributed by atoms with Gasteiger partial charge in [0.25, 0.3) is 15.6 Å². The zero-order chi connectivity index (χ0) is 26.5. The molecule has 2 aliphatic rings. The van der Waals surface area contributed by atoms with E-state index in [4.69, 9.17) is 4.74 Å². The highest BCUT2D eigenvalue weighted by molar-refractivity contribution is 7.92. The Hall–Kier alpha value is -3.54. The van der Waals surface area contributed by atoms with Gasteiger partial charge in [0.05, 0.1) is 29.1 Å². The van der Waals surface area contributed by atoms with Crippen molar-refractivity contribution in [1.82, 2.24) is 9.72 Å². The number of nitrogens with one attached hydrogen (secondary N) is 1. The summed E-state index contributed by atoms with van der Waals surface area (Å²) in [6.07, 6.45) is -0.697. The lowest BCUT2D eigenvalue weighted by molar-refractivity contribution is -0.201. The first-order valence-corrected chi connectivity index (χ1v) is 13.1. The molecule has 1 atom stereocenters. The second-order valence-electron chi connectivity index (χ2n) is 9.39. The molecule has 12 heteroatoms. The lowest BCUT2D eigenvalue weighted by atomic mass is 9.66. The topological polar surface area (TPSA) is 103 Å². The quantitative estimate of drug-likeness (QED) is 0.468. The van der Waals surface area contributed by atoms with Crippen LogP contribution in [0.3, 0.4) is 0 Å². The highest BCUT2D eigenvalue weighted by Gasteiger charge is 2.49. The Bertz CT molecular complexity index is 1570. The van der Waals surface area contributed by atoms with Crippen molar-refractivity contribution in [2.75, 3.05) is 11.8 Å². The van der Waals surface area contributed by atoms with E-state index in [9.17, 15) is 26.4 Å². The number of alkyl halides is 3. The molecule has 0 amide bonds. The van der Waals surface area contributed by atoms with Crippen LogP contribution < -0.4 is 10.3 Å². The third-order valence-electron chi connectivity index (χ3n) is 7.07. The molecule has 1 N–H and O–H groups in total. The maximum absolute atomic E-state index is 13.0. The minimum absolute atomic E-state index is 0.0301. The van der Waals surface area contributed by atoms with Crippen LogP contribution in [0, 0.1) is 17.8 Å². The number of allylic oxidation sites excluding steroid dienone is 3. The Morgan fingerprint density at radius 1 is 1.16 bits per heavy atom. The van der Waals surface area contributed by atoms with Gasteiger partial charge in [-0.25, -0.2) is 8.42 Å². The van der Waals surface area contributed by atoms with Crippen molar-refractivity contribution in [3.63, 3.8) is 0 Å². The molecule has 0 saturated heterocycles. The number of halogens is 3. The van der Waals surface area contributed by atoms with Gasteiger partial charge in [0.1, 0.15) is 12.0 Å². The van der Waals surface area contributed by atoms with Crippen molar-refractivity contribution < 1.29 is 30.8 Å². The Morgan fingerprint density at radius 3 is 2.57 bits per heavy atom.